The first-order chi connectivity index (χ1) is 9.65. The van der Waals surface area contributed by atoms with Crippen LogP contribution in [0.3, 0.4) is 0 Å². The third-order valence-electron chi connectivity index (χ3n) is 3.68. The zero-order valence-electron chi connectivity index (χ0n) is 12.9. The third-order valence-corrected chi connectivity index (χ3v) is 3.68. The van der Waals surface area contributed by atoms with Gasteiger partial charge in [-0.2, -0.15) is 0 Å². The Labute approximate surface area is 122 Å². The van der Waals surface area contributed by atoms with E-state index in [1.807, 2.05) is 26.0 Å². The fourth-order valence-corrected chi connectivity index (χ4v) is 2.50. The van der Waals surface area contributed by atoms with E-state index < -0.39 is 0 Å². The first kappa shape index (κ1) is 15.3. The minimum Gasteiger partial charge on any atom is -0.491 e. The number of nitrogens with one attached hydrogen (secondary N) is 1. The van der Waals surface area contributed by atoms with Gasteiger partial charge in [0.1, 0.15) is 5.75 Å². The van der Waals surface area contributed by atoms with Crippen molar-refractivity contribution in [2.24, 2.45) is 0 Å². The van der Waals surface area contributed by atoms with E-state index in [9.17, 15) is 0 Å². The smallest absolute Gasteiger partial charge is 0.119 e. The molecule has 1 N–H and O–H groups in total. The van der Waals surface area contributed by atoms with E-state index in [4.69, 9.17) is 9.47 Å². The van der Waals surface area contributed by atoms with E-state index in [-0.39, 0.29) is 6.10 Å². The Kier molecular flexibility index (Phi) is 5.86. The molecule has 1 saturated heterocycles. The number of hydrogen-bond donors (Lipinski definition) is 1. The van der Waals surface area contributed by atoms with E-state index in [1.165, 1.54) is 24.8 Å². The average molecular weight is 277 g/mol. The summed E-state index contributed by atoms with van der Waals surface area (Å²) in [6, 6.07) is 8.71. The van der Waals surface area contributed by atoms with Crippen molar-refractivity contribution in [3.05, 3.63) is 29.8 Å². The molecule has 2 rings (SSSR count). The molecule has 0 spiro atoms. The summed E-state index contributed by atoms with van der Waals surface area (Å²) in [5.41, 5.74) is 1.29. The molecule has 1 fully saturated rings. The van der Waals surface area contributed by atoms with Gasteiger partial charge in [-0.3, -0.25) is 0 Å². The first-order valence-corrected chi connectivity index (χ1v) is 7.77. The monoisotopic (exact) mass is 277 g/mol. The Morgan fingerprint density at radius 2 is 1.95 bits per heavy atom. The predicted octanol–water partition coefficient (Wildman–Crippen LogP) is 3.69. The maximum Gasteiger partial charge on any atom is 0.119 e. The second-order valence-corrected chi connectivity index (χ2v) is 5.85. The second-order valence-electron chi connectivity index (χ2n) is 5.85. The van der Waals surface area contributed by atoms with E-state index in [0.29, 0.717) is 12.1 Å². The average Bonchev–Trinajstić information content (AvgIpc) is 2.46. The fraction of sp³-hybridized carbons (Fsp3) is 0.647. The van der Waals surface area contributed by atoms with Crippen molar-refractivity contribution in [1.82, 2.24) is 5.32 Å². The van der Waals surface area contributed by atoms with Crippen LogP contribution in [0.5, 0.6) is 5.75 Å². The van der Waals surface area contributed by atoms with Crippen LogP contribution in [-0.4, -0.2) is 25.4 Å². The molecule has 0 aromatic heterocycles. The van der Waals surface area contributed by atoms with Crippen molar-refractivity contribution >= 4 is 0 Å². The molecule has 0 bridgehead atoms. The van der Waals surface area contributed by atoms with E-state index >= 15 is 0 Å². The molecule has 0 saturated carbocycles. The quantitative estimate of drug-likeness (QED) is 0.860. The summed E-state index contributed by atoms with van der Waals surface area (Å²) in [4.78, 5) is 0. The van der Waals surface area contributed by atoms with Crippen LogP contribution in [0.15, 0.2) is 24.3 Å². The van der Waals surface area contributed by atoms with Crippen LogP contribution < -0.4 is 10.1 Å². The van der Waals surface area contributed by atoms with Gasteiger partial charge in [0.05, 0.1) is 12.2 Å². The molecule has 1 aromatic rings. The number of benzene rings is 1. The SMILES string of the molecule is CC(C)Oc1ccc(C(C)NCC2CCCCO2)cc1. The van der Waals surface area contributed by atoms with E-state index in [2.05, 4.69) is 24.4 Å². The zero-order chi connectivity index (χ0) is 14.4. The topological polar surface area (TPSA) is 30.5 Å². The molecule has 3 heteroatoms. The summed E-state index contributed by atoms with van der Waals surface area (Å²) < 4.78 is 11.4. The van der Waals surface area contributed by atoms with Crippen LogP contribution in [0.2, 0.25) is 0 Å². The maximum absolute atomic E-state index is 5.74. The Bertz CT molecular complexity index is 382. The van der Waals surface area contributed by atoms with Crippen molar-refractivity contribution in [2.45, 2.75) is 58.3 Å². The minimum absolute atomic E-state index is 0.222. The van der Waals surface area contributed by atoms with Crippen LogP contribution in [0, 0.1) is 0 Å². The van der Waals surface area contributed by atoms with Gasteiger partial charge in [-0.1, -0.05) is 12.1 Å². The molecule has 0 radical (unpaired) electrons. The predicted molar refractivity (Wildman–Crippen MR) is 82.2 cm³/mol. The molecule has 0 amide bonds. The molecule has 20 heavy (non-hydrogen) atoms. The number of hydrogen-bond acceptors (Lipinski definition) is 3. The Balaban J connectivity index is 1.80. The molecule has 1 aromatic carbocycles. The highest BCUT2D eigenvalue weighted by atomic mass is 16.5. The lowest BCUT2D eigenvalue weighted by Gasteiger charge is -2.25. The van der Waals surface area contributed by atoms with Crippen molar-refractivity contribution in [1.29, 1.82) is 0 Å². The highest BCUT2D eigenvalue weighted by Crippen LogP contribution is 2.19. The zero-order valence-corrected chi connectivity index (χ0v) is 12.9. The van der Waals surface area contributed by atoms with Crippen molar-refractivity contribution in [3.63, 3.8) is 0 Å². The summed E-state index contributed by atoms with van der Waals surface area (Å²) in [6.07, 6.45) is 4.29. The molecule has 1 aliphatic rings. The van der Waals surface area contributed by atoms with Gasteiger partial charge in [-0.25, -0.2) is 0 Å². The van der Waals surface area contributed by atoms with E-state index in [0.717, 1.165) is 18.9 Å². The standard InChI is InChI=1S/C17H27NO2/c1-13(2)20-16-9-7-15(8-10-16)14(3)18-12-17-6-4-5-11-19-17/h7-10,13-14,17-18H,4-6,11-12H2,1-3H3. The molecule has 112 valence electrons. The van der Waals surface area contributed by atoms with Crippen molar-refractivity contribution in [3.8, 4) is 5.75 Å². The van der Waals surface area contributed by atoms with Gasteiger partial charge in [-0.05, 0) is 57.7 Å². The number of ether oxygens (including phenoxy) is 2. The second kappa shape index (κ2) is 7.65. The molecule has 2 unspecified atom stereocenters. The van der Waals surface area contributed by atoms with Gasteiger partial charge >= 0.3 is 0 Å². The molecular weight excluding hydrogens is 250 g/mol. The molecule has 1 aliphatic heterocycles. The van der Waals surface area contributed by atoms with Gasteiger partial charge in [0, 0.05) is 19.2 Å². The van der Waals surface area contributed by atoms with Crippen LogP contribution in [-0.2, 0) is 4.74 Å². The molecular formula is C17H27NO2. The molecule has 3 nitrogen and oxygen atoms in total. The lowest BCUT2D eigenvalue weighted by molar-refractivity contribution is 0.0156. The highest BCUT2D eigenvalue weighted by Gasteiger charge is 2.15. The molecule has 1 heterocycles. The molecule has 2 atom stereocenters. The lowest BCUT2D eigenvalue weighted by Crippen LogP contribution is -2.33. The van der Waals surface area contributed by atoms with Crippen molar-refractivity contribution in [2.75, 3.05) is 13.2 Å². The van der Waals surface area contributed by atoms with Gasteiger partial charge < -0.3 is 14.8 Å². The summed E-state index contributed by atoms with van der Waals surface area (Å²) in [7, 11) is 0. The normalized spacial score (nSPS) is 20.9. The highest BCUT2D eigenvalue weighted by molar-refractivity contribution is 5.29. The minimum atomic E-state index is 0.222. The summed E-state index contributed by atoms with van der Waals surface area (Å²) in [5, 5.41) is 3.56. The van der Waals surface area contributed by atoms with Gasteiger partial charge in [0.25, 0.3) is 0 Å². The summed E-state index contributed by atoms with van der Waals surface area (Å²) in [6.45, 7) is 8.14. The largest absolute Gasteiger partial charge is 0.491 e. The van der Waals surface area contributed by atoms with Gasteiger partial charge in [0.2, 0.25) is 0 Å². The van der Waals surface area contributed by atoms with Crippen LogP contribution in [0.1, 0.15) is 51.6 Å². The Hall–Kier alpha value is -1.06. The number of rotatable bonds is 6. The maximum atomic E-state index is 5.74. The first-order valence-electron chi connectivity index (χ1n) is 7.77. The third kappa shape index (κ3) is 4.80. The van der Waals surface area contributed by atoms with Crippen LogP contribution in [0.4, 0.5) is 0 Å². The van der Waals surface area contributed by atoms with Crippen molar-refractivity contribution < 1.29 is 9.47 Å². The molecule has 0 aliphatic carbocycles. The van der Waals surface area contributed by atoms with Gasteiger partial charge in [0.15, 0.2) is 0 Å². The van der Waals surface area contributed by atoms with Crippen LogP contribution >= 0.6 is 0 Å². The Morgan fingerprint density at radius 1 is 1.20 bits per heavy atom. The van der Waals surface area contributed by atoms with E-state index in [1.54, 1.807) is 0 Å². The fourth-order valence-electron chi connectivity index (χ4n) is 2.50. The van der Waals surface area contributed by atoms with Gasteiger partial charge in [-0.15, -0.1) is 0 Å². The van der Waals surface area contributed by atoms with Crippen LogP contribution in [0.25, 0.3) is 0 Å². The lowest BCUT2D eigenvalue weighted by atomic mass is 10.1. The Morgan fingerprint density at radius 3 is 2.55 bits per heavy atom. The summed E-state index contributed by atoms with van der Waals surface area (Å²) in [5.74, 6) is 0.937. The summed E-state index contributed by atoms with van der Waals surface area (Å²) >= 11 is 0.